The maximum absolute atomic E-state index is 12.4. The van der Waals surface area contributed by atoms with Gasteiger partial charge in [-0.15, -0.1) is 0 Å². The van der Waals surface area contributed by atoms with Gasteiger partial charge in [-0.1, -0.05) is 0 Å². The zero-order valence-corrected chi connectivity index (χ0v) is 15.6. The Morgan fingerprint density at radius 1 is 1.38 bits per heavy atom. The monoisotopic (exact) mass is 402 g/mol. The van der Waals surface area contributed by atoms with E-state index in [4.69, 9.17) is 9.84 Å². The predicted octanol–water partition coefficient (Wildman–Crippen LogP) is 3.80. The van der Waals surface area contributed by atoms with E-state index >= 15 is 0 Å². The number of aryl methyl sites for hydroxylation is 1. The Kier molecular flexibility index (Phi) is 5.94. The van der Waals surface area contributed by atoms with Crippen LogP contribution in [0.15, 0.2) is 10.5 Å². The molecule has 1 aromatic carbocycles. The van der Waals surface area contributed by atoms with Gasteiger partial charge in [0.1, 0.15) is 17.8 Å². The quantitative estimate of drug-likeness (QED) is 0.605. The maximum Gasteiger partial charge on any atom is 0.415 e. The predicted molar refractivity (Wildman–Crippen MR) is 91.5 cm³/mol. The Morgan fingerprint density at radius 2 is 1.92 bits per heavy atom. The van der Waals surface area contributed by atoms with Gasteiger partial charge in [0.2, 0.25) is 0 Å². The third-order valence-electron chi connectivity index (χ3n) is 3.10. The number of nitrogens with zero attached hydrogens (tertiary/aromatic N) is 2. The second-order valence-corrected chi connectivity index (χ2v) is 7.01. The number of rotatable bonds is 4. The van der Waals surface area contributed by atoms with E-state index in [1.165, 1.54) is 6.07 Å². The third-order valence-corrected chi connectivity index (χ3v) is 4.07. The minimum Gasteiger partial charge on any atom is -0.480 e. The van der Waals surface area contributed by atoms with Gasteiger partial charge >= 0.3 is 12.1 Å². The van der Waals surface area contributed by atoms with Crippen molar-refractivity contribution in [3.63, 3.8) is 0 Å². The molecule has 0 aliphatic heterocycles. The highest BCUT2D eigenvalue weighted by atomic mass is 79.9. The van der Waals surface area contributed by atoms with E-state index in [-0.39, 0.29) is 15.8 Å². The largest absolute Gasteiger partial charge is 0.480 e. The van der Waals surface area contributed by atoms with Gasteiger partial charge in [-0.05, 0) is 61.7 Å². The van der Waals surface area contributed by atoms with Crippen molar-refractivity contribution in [2.24, 2.45) is 0 Å². The molecule has 24 heavy (non-hydrogen) atoms. The molecule has 0 radical (unpaired) electrons. The van der Waals surface area contributed by atoms with Crippen LogP contribution in [0.1, 0.15) is 31.9 Å². The summed E-state index contributed by atoms with van der Waals surface area (Å²) in [7, 11) is 0. The van der Waals surface area contributed by atoms with Crippen molar-refractivity contribution in [1.82, 2.24) is 0 Å². The fourth-order valence-electron chi connectivity index (χ4n) is 1.93. The lowest BCUT2D eigenvalue weighted by Gasteiger charge is -2.27. The molecule has 1 aromatic rings. The van der Waals surface area contributed by atoms with Gasteiger partial charge in [-0.3, -0.25) is 19.8 Å². The second-order valence-electron chi connectivity index (χ2n) is 6.22. The zero-order valence-electron chi connectivity index (χ0n) is 14.0. The van der Waals surface area contributed by atoms with E-state index in [2.05, 4.69) is 15.9 Å². The van der Waals surface area contributed by atoms with Crippen LogP contribution < -0.4 is 4.90 Å². The standard InChI is InChI=1S/C15H19BrN2O6/c1-8-6-10(18(22)23)13(12(16)9(8)2)17(7-11(19)20)14(21)24-15(3,4)5/h6H,7H2,1-5H3,(H,19,20). The molecule has 0 atom stereocenters. The summed E-state index contributed by atoms with van der Waals surface area (Å²) in [5.41, 5.74) is -0.0994. The normalized spacial score (nSPS) is 11.1. The number of ether oxygens (including phenoxy) is 1. The molecule has 0 fully saturated rings. The van der Waals surface area contributed by atoms with E-state index in [0.29, 0.717) is 11.1 Å². The molecule has 0 bridgehead atoms. The number of hydrogen-bond donors (Lipinski definition) is 1. The van der Waals surface area contributed by atoms with Gasteiger partial charge in [0, 0.05) is 6.07 Å². The molecular weight excluding hydrogens is 384 g/mol. The molecule has 9 heteroatoms. The van der Waals surface area contributed by atoms with E-state index in [0.717, 1.165) is 4.90 Å². The van der Waals surface area contributed by atoms with Crippen LogP contribution in [0.2, 0.25) is 0 Å². The molecule has 0 unspecified atom stereocenters. The number of carboxylic acid groups (broad SMARTS) is 1. The third kappa shape index (κ3) is 4.67. The number of nitro benzene ring substituents is 1. The number of halogens is 1. The lowest BCUT2D eigenvalue weighted by molar-refractivity contribution is -0.384. The first-order valence-corrected chi connectivity index (χ1v) is 7.81. The summed E-state index contributed by atoms with van der Waals surface area (Å²) in [5.74, 6) is -1.32. The smallest absolute Gasteiger partial charge is 0.415 e. The zero-order chi connectivity index (χ0) is 18.8. The van der Waals surface area contributed by atoms with Crippen molar-refractivity contribution in [3.8, 4) is 0 Å². The first-order chi connectivity index (χ1) is 10.8. The summed E-state index contributed by atoms with van der Waals surface area (Å²) in [4.78, 5) is 35.1. The summed E-state index contributed by atoms with van der Waals surface area (Å²) in [6, 6.07) is 1.30. The molecule has 0 spiro atoms. The van der Waals surface area contributed by atoms with Crippen molar-refractivity contribution < 1.29 is 24.4 Å². The van der Waals surface area contributed by atoms with Crippen LogP contribution in [-0.2, 0) is 9.53 Å². The molecule has 1 rings (SSSR count). The molecule has 8 nitrogen and oxygen atoms in total. The minimum atomic E-state index is -1.32. The Balaban J connectivity index is 3.58. The Morgan fingerprint density at radius 3 is 2.33 bits per heavy atom. The average Bonchev–Trinajstić information content (AvgIpc) is 2.40. The lowest BCUT2D eigenvalue weighted by Crippen LogP contribution is -2.40. The summed E-state index contributed by atoms with van der Waals surface area (Å²) in [6.45, 7) is 7.48. The number of nitro groups is 1. The molecule has 0 aliphatic rings. The molecule has 0 aromatic heterocycles. The molecule has 0 aliphatic carbocycles. The number of benzene rings is 1. The van der Waals surface area contributed by atoms with Crippen molar-refractivity contribution in [1.29, 1.82) is 0 Å². The van der Waals surface area contributed by atoms with Crippen LogP contribution in [-0.4, -0.2) is 34.2 Å². The highest BCUT2D eigenvalue weighted by molar-refractivity contribution is 9.10. The second kappa shape index (κ2) is 7.16. The first kappa shape index (κ1) is 19.9. The maximum atomic E-state index is 12.4. The summed E-state index contributed by atoms with van der Waals surface area (Å²) in [6.07, 6.45) is -0.975. The first-order valence-electron chi connectivity index (χ1n) is 7.01. The molecule has 132 valence electrons. The number of anilines is 1. The summed E-state index contributed by atoms with van der Waals surface area (Å²) < 4.78 is 5.47. The molecule has 1 N–H and O–H groups in total. The van der Waals surface area contributed by atoms with Crippen LogP contribution in [0.25, 0.3) is 0 Å². The van der Waals surface area contributed by atoms with Gasteiger partial charge < -0.3 is 9.84 Å². The van der Waals surface area contributed by atoms with Crippen LogP contribution in [0.5, 0.6) is 0 Å². The molecule has 1 amide bonds. The highest BCUT2D eigenvalue weighted by Gasteiger charge is 2.33. The number of amides is 1. The van der Waals surface area contributed by atoms with Crippen molar-refractivity contribution in [2.75, 3.05) is 11.4 Å². The SMILES string of the molecule is Cc1cc([N+](=O)[O-])c(N(CC(=O)O)C(=O)OC(C)(C)C)c(Br)c1C. The van der Waals surface area contributed by atoms with Crippen LogP contribution >= 0.6 is 15.9 Å². The minimum absolute atomic E-state index is 0.139. The highest BCUT2D eigenvalue weighted by Crippen LogP contribution is 2.40. The Hall–Kier alpha value is -2.16. The van der Waals surface area contributed by atoms with Crippen molar-refractivity contribution in [3.05, 3.63) is 31.8 Å². The van der Waals surface area contributed by atoms with Crippen molar-refractivity contribution >= 4 is 39.4 Å². The van der Waals surface area contributed by atoms with E-state index in [1.807, 2.05) is 0 Å². The van der Waals surface area contributed by atoms with Gasteiger partial charge in [0.15, 0.2) is 0 Å². The Bertz CT molecular complexity index is 696. The van der Waals surface area contributed by atoms with Gasteiger partial charge in [0.25, 0.3) is 5.69 Å². The number of carboxylic acids is 1. The van der Waals surface area contributed by atoms with Gasteiger partial charge in [-0.2, -0.15) is 0 Å². The fourth-order valence-corrected chi connectivity index (χ4v) is 2.66. The molecular formula is C15H19BrN2O6. The Labute approximate surface area is 147 Å². The van der Waals surface area contributed by atoms with E-state index < -0.39 is 29.1 Å². The topological polar surface area (TPSA) is 110 Å². The number of aliphatic carboxylic acids is 1. The van der Waals surface area contributed by atoms with Crippen LogP contribution in [0, 0.1) is 24.0 Å². The summed E-state index contributed by atoms with van der Waals surface area (Å²) >= 11 is 3.24. The fraction of sp³-hybridized carbons (Fsp3) is 0.467. The summed E-state index contributed by atoms with van der Waals surface area (Å²) in [5, 5.41) is 20.5. The van der Waals surface area contributed by atoms with E-state index in [9.17, 15) is 19.7 Å². The van der Waals surface area contributed by atoms with Crippen LogP contribution in [0.4, 0.5) is 16.2 Å². The molecule has 0 saturated carbocycles. The average molecular weight is 403 g/mol. The van der Waals surface area contributed by atoms with Gasteiger partial charge in [-0.25, -0.2) is 4.79 Å². The molecule has 0 saturated heterocycles. The number of carbonyl (C=O) groups excluding carboxylic acids is 1. The number of carbonyl (C=O) groups is 2. The lowest BCUT2D eigenvalue weighted by atomic mass is 10.1. The van der Waals surface area contributed by atoms with Crippen LogP contribution in [0.3, 0.4) is 0 Å². The van der Waals surface area contributed by atoms with Crippen molar-refractivity contribution in [2.45, 2.75) is 40.2 Å². The molecule has 0 heterocycles. The van der Waals surface area contributed by atoms with Gasteiger partial charge in [0.05, 0.1) is 9.40 Å². The van der Waals surface area contributed by atoms with E-state index in [1.54, 1.807) is 34.6 Å². The number of hydrogen-bond acceptors (Lipinski definition) is 5.